The Morgan fingerprint density at radius 3 is 1.58 bits per heavy atom. The lowest BCUT2D eigenvalue weighted by molar-refractivity contribution is -0.135. The fraction of sp³-hybridized carbons (Fsp3) is 0.0930. The number of hydrogen-bond acceptors (Lipinski definition) is 11. The molecule has 60 heavy (non-hydrogen) atoms. The third kappa shape index (κ3) is 18.5. The van der Waals surface area contributed by atoms with Crippen LogP contribution in [0.2, 0.25) is 13.1 Å². The van der Waals surface area contributed by atoms with E-state index in [0.717, 1.165) is 39.3 Å². The van der Waals surface area contributed by atoms with Crippen molar-refractivity contribution in [3.63, 3.8) is 0 Å². The number of carboxylic acid groups (broad SMARTS) is 1. The molecule has 0 radical (unpaired) electrons. The molecular weight excluding hydrogens is 799 g/mol. The fourth-order valence-corrected chi connectivity index (χ4v) is 5.77. The first kappa shape index (κ1) is 47.4. The van der Waals surface area contributed by atoms with E-state index in [1.165, 1.54) is 18.3 Å². The van der Waals surface area contributed by atoms with E-state index in [-0.39, 0.29) is 11.6 Å². The standard InChI is InChI=1S/C11H9N.C9H9N3.C9H8N2.C7H11NOSi.C5H5NO3S.C2H5NO2/c1-2-6-10(7-3-1)11-8-4-5-9-12-11;1-7-6-9(12-11-7)8-4-2-3-5-10-8;1-2-5-9(6-3-1)11-8-4-7-10-11;1-10(2,9)7-5-3-4-6-8-7;7-10(8,9)5-3-1-2-4-6-5;3-1-2(4)5/h1-9H;2-6H,1H3,(H,11,12);1-8H;3-6,9H,1-2H3;1-4H,(H,7,8,9);1,3H2,(H,4,5). The molecule has 8 rings (SSSR count). The maximum Gasteiger partial charge on any atom is 0.317 e. The van der Waals surface area contributed by atoms with Crippen molar-refractivity contribution in [2.24, 2.45) is 5.73 Å². The Morgan fingerprint density at radius 2 is 1.20 bits per heavy atom. The van der Waals surface area contributed by atoms with Crippen LogP contribution in [0.5, 0.6) is 0 Å². The summed E-state index contributed by atoms with van der Waals surface area (Å²) in [5.41, 5.74) is 10.7. The lowest BCUT2D eigenvalue weighted by Crippen LogP contribution is -2.43. The van der Waals surface area contributed by atoms with Crippen molar-refractivity contribution < 1.29 is 27.7 Å². The highest BCUT2D eigenvalue weighted by atomic mass is 32.2. The second-order valence-corrected chi connectivity index (χ2v) is 17.5. The highest BCUT2D eigenvalue weighted by molar-refractivity contribution is 7.85. The molecule has 0 bridgehead atoms. The van der Waals surface area contributed by atoms with Gasteiger partial charge in [-0.2, -0.15) is 18.6 Å². The van der Waals surface area contributed by atoms with Gasteiger partial charge in [-0.15, -0.1) is 0 Å². The van der Waals surface area contributed by atoms with Gasteiger partial charge in [0, 0.05) is 48.4 Å². The number of aromatic nitrogens is 8. The van der Waals surface area contributed by atoms with Gasteiger partial charge in [-0.05, 0) is 92.8 Å². The van der Waals surface area contributed by atoms with E-state index >= 15 is 0 Å². The van der Waals surface area contributed by atoms with E-state index < -0.39 is 24.4 Å². The van der Waals surface area contributed by atoms with E-state index in [2.05, 4.69) is 53.1 Å². The summed E-state index contributed by atoms with van der Waals surface area (Å²) < 4.78 is 30.9. The van der Waals surface area contributed by atoms with Gasteiger partial charge < -0.3 is 15.6 Å². The molecule has 0 atom stereocenters. The van der Waals surface area contributed by atoms with E-state index in [0.29, 0.717) is 0 Å². The molecule has 15 nitrogen and oxygen atoms in total. The Morgan fingerprint density at radius 1 is 0.683 bits per heavy atom. The van der Waals surface area contributed by atoms with Crippen molar-refractivity contribution >= 4 is 29.7 Å². The summed E-state index contributed by atoms with van der Waals surface area (Å²) in [5, 5.41) is 19.2. The number of para-hydroxylation sites is 1. The maximum atomic E-state index is 10.3. The molecule has 17 heteroatoms. The Labute approximate surface area is 350 Å². The largest absolute Gasteiger partial charge is 0.480 e. The molecule has 6 heterocycles. The van der Waals surface area contributed by atoms with Crippen molar-refractivity contribution in [1.29, 1.82) is 0 Å². The summed E-state index contributed by atoms with van der Waals surface area (Å²) in [7, 11) is -6.26. The molecule has 6 N–H and O–H groups in total. The molecule has 0 spiro atoms. The highest BCUT2D eigenvalue weighted by Crippen LogP contribution is 2.15. The monoisotopic (exact) mass is 845 g/mol. The summed E-state index contributed by atoms with van der Waals surface area (Å²) in [6, 6.07) is 45.7. The van der Waals surface area contributed by atoms with Crippen LogP contribution in [0.25, 0.3) is 28.3 Å². The van der Waals surface area contributed by atoms with E-state index in [4.69, 9.17) is 9.66 Å². The topological polar surface area (TPSA) is 236 Å². The van der Waals surface area contributed by atoms with Crippen LogP contribution in [0.4, 0.5) is 0 Å². The Kier molecular flexibility index (Phi) is 20.0. The zero-order chi connectivity index (χ0) is 43.6. The summed E-state index contributed by atoms with van der Waals surface area (Å²) in [6.45, 7) is 5.41. The van der Waals surface area contributed by atoms with Crippen LogP contribution < -0.4 is 11.1 Å². The summed E-state index contributed by atoms with van der Waals surface area (Å²) in [4.78, 5) is 34.7. The predicted octanol–water partition coefficient (Wildman–Crippen LogP) is 6.25. The molecule has 6 aromatic heterocycles. The zero-order valence-corrected chi connectivity index (χ0v) is 35.0. The Balaban J connectivity index is 0.000000195. The number of carboxylic acids is 1. The number of H-pyrrole nitrogens is 1. The minimum absolute atomic E-state index is 0.278. The second kappa shape index (κ2) is 25.4. The first-order valence-electron chi connectivity index (χ1n) is 18.2. The predicted molar refractivity (Wildman–Crippen MR) is 234 cm³/mol. The van der Waals surface area contributed by atoms with Gasteiger partial charge in [0.25, 0.3) is 0 Å². The van der Waals surface area contributed by atoms with Crippen LogP contribution in [0, 0.1) is 6.92 Å². The number of aromatic amines is 1. The molecule has 310 valence electrons. The van der Waals surface area contributed by atoms with Crippen molar-refractivity contribution in [2.45, 2.75) is 25.0 Å². The number of carbonyl (C=O) groups is 1. The highest BCUT2D eigenvalue weighted by Gasteiger charge is 2.20. The smallest absolute Gasteiger partial charge is 0.317 e. The average Bonchev–Trinajstić information content (AvgIpc) is 3.99. The van der Waals surface area contributed by atoms with Crippen LogP contribution in [0.1, 0.15) is 5.69 Å². The average molecular weight is 846 g/mol. The molecular formula is C43H47N9O6SSi. The van der Waals surface area contributed by atoms with E-state index in [1.54, 1.807) is 24.7 Å². The molecule has 0 saturated heterocycles. The van der Waals surface area contributed by atoms with Crippen LogP contribution in [0.3, 0.4) is 0 Å². The minimum Gasteiger partial charge on any atom is -0.480 e. The Hall–Kier alpha value is -7.02. The van der Waals surface area contributed by atoms with Gasteiger partial charge in [-0.25, -0.2) is 9.67 Å². The number of pyridine rings is 4. The van der Waals surface area contributed by atoms with Gasteiger partial charge in [0.2, 0.25) is 8.32 Å². The van der Waals surface area contributed by atoms with Gasteiger partial charge >= 0.3 is 16.1 Å². The molecule has 8 aromatic rings. The van der Waals surface area contributed by atoms with Crippen molar-refractivity contribution in [3.8, 4) is 28.3 Å². The number of benzene rings is 2. The second-order valence-electron chi connectivity index (χ2n) is 12.5. The minimum atomic E-state index is -4.11. The number of nitrogens with zero attached hydrogens (tertiary/aromatic N) is 7. The summed E-state index contributed by atoms with van der Waals surface area (Å²) in [6.07, 6.45) is 10.3. The molecule has 2 aromatic carbocycles. The van der Waals surface area contributed by atoms with Gasteiger partial charge in [-0.1, -0.05) is 72.8 Å². The van der Waals surface area contributed by atoms with Crippen LogP contribution in [-0.2, 0) is 14.9 Å². The van der Waals surface area contributed by atoms with Crippen molar-refractivity contribution in [3.05, 3.63) is 188 Å². The van der Waals surface area contributed by atoms with Gasteiger partial charge in [0.1, 0.15) is 5.69 Å². The van der Waals surface area contributed by atoms with Gasteiger partial charge in [-0.3, -0.25) is 29.4 Å². The lowest BCUT2D eigenvalue weighted by atomic mass is 10.1. The number of aryl methyl sites for hydroxylation is 1. The van der Waals surface area contributed by atoms with E-state index in [9.17, 15) is 18.0 Å². The Bertz CT molecular complexity index is 2410. The fourth-order valence-electron chi connectivity index (χ4n) is 4.43. The molecule has 0 saturated carbocycles. The molecule has 0 fully saturated rings. The quantitative estimate of drug-likeness (QED) is 0.0921. The summed E-state index contributed by atoms with van der Waals surface area (Å²) >= 11 is 0. The third-order valence-electron chi connectivity index (χ3n) is 7.26. The molecule has 0 aliphatic rings. The number of rotatable bonds is 6. The van der Waals surface area contributed by atoms with Crippen molar-refractivity contribution in [1.82, 2.24) is 39.9 Å². The molecule has 0 amide bonds. The van der Waals surface area contributed by atoms with Gasteiger partial charge in [0.05, 0.1) is 28.9 Å². The van der Waals surface area contributed by atoms with E-state index in [1.807, 2.05) is 152 Å². The summed E-state index contributed by atoms with van der Waals surface area (Å²) in [5.74, 6) is -0.968. The third-order valence-corrected chi connectivity index (χ3v) is 9.58. The van der Waals surface area contributed by atoms with Crippen LogP contribution >= 0.6 is 0 Å². The lowest BCUT2D eigenvalue weighted by Gasteiger charge is -2.11. The number of aliphatic carboxylic acids is 1. The molecule has 0 aliphatic heterocycles. The normalized spacial score (nSPS) is 10.2. The first-order valence-corrected chi connectivity index (χ1v) is 22.6. The van der Waals surface area contributed by atoms with Crippen molar-refractivity contribution in [2.75, 3.05) is 6.54 Å². The molecule has 0 aliphatic carbocycles. The maximum absolute atomic E-state index is 10.3. The SMILES string of the molecule is C[Si](C)(O)c1ccccn1.Cc1cc(-c2ccccn2)n[nH]1.NCC(=O)O.O=S(=O)(O)c1ccccn1.c1ccc(-c2ccccn2)cc1.c1ccc(-n2cccn2)cc1. The van der Waals surface area contributed by atoms with Crippen LogP contribution in [0.15, 0.2) is 188 Å². The zero-order valence-electron chi connectivity index (χ0n) is 33.2. The van der Waals surface area contributed by atoms with Gasteiger partial charge in [0.15, 0.2) is 5.03 Å². The first-order chi connectivity index (χ1) is 28.8. The molecule has 0 unspecified atom stereocenters. The number of nitrogens with two attached hydrogens (primary N) is 1. The number of nitrogens with one attached hydrogen (secondary N) is 1. The number of hydrogen-bond donors (Lipinski definition) is 5. The van der Waals surface area contributed by atoms with Crippen LogP contribution in [-0.4, -0.2) is 83.6 Å².